The number of cyclic esters (lactones) is 1. The maximum Gasteiger partial charge on any atom is 0.363 e. The fraction of sp³-hybridized carbons (Fsp3) is 0.0417. The van der Waals surface area contributed by atoms with Crippen molar-refractivity contribution in [2.45, 2.75) is 6.92 Å². The lowest BCUT2D eigenvalue weighted by atomic mass is 10.1. The standard InChI is InChI=1S/C24H14Br2ClNO4/c1-13-5-4-6-14(9-13)23(29)31-21-15(10-16(25)12-18(21)26)11-20-24(30)32-22(28-20)17-7-2-3-8-19(17)27/h2-12H,1H3/b20-11-. The van der Waals surface area contributed by atoms with Crippen LogP contribution in [-0.2, 0) is 9.53 Å². The van der Waals surface area contributed by atoms with Crippen LogP contribution in [0.3, 0.4) is 0 Å². The SMILES string of the molecule is Cc1cccc(C(=O)Oc2c(Br)cc(Br)cc2/C=C2\N=C(c3ccccc3Cl)OC2=O)c1. The van der Waals surface area contributed by atoms with E-state index in [0.29, 0.717) is 30.7 Å². The number of esters is 2. The summed E-state index contributed by atoms with van der Waals surface area (Å²) in [4.78, 5) is 29.5. The Balaban J connectivity index is 1.72. The molecule has 0 spiro atoms. The van der Waals surface area contributed by atoms with Gasteiger partial charge >= 0.3 is 11.9 Å². The smallest absolute Gasteiger partial charge is 0.363 e. The Hall–Kier alpha value is -2.74. The van der Waals surface area contributed by atoms with Crippen molar-refractivity contribution in [1.82, 2.24) is 0 Å². The van der Waals surface area contributed by atoms with Crippen molar-refractivity contribution in [3.8, 4) is 5.75 Å². The molecule has 3 aromatic carbocycles. The molecule has 0 bridgehead atoms. The molecule has 5 nitrogen and oxygen atoms in total. The van der Waals surface area contributed by atoms with E-state index in [9.17, 15) is 9.59 Å². The van der Waals surface area contributed by atoms with Crippen LogP contribution in [0.1, 0.15) is 27.0 Å². The average molecular weight is 576 g/mol. The van der Waals surface area contributed by atoms with Gasteiger partial charge < -0.3 is 9.47 Å². The van der Waals surface area contributed by atoms with Crippen LogP contribution < -0.4 is 4.74 Å². The van der Waals surface area contributed by atoms with Gasteiger partial charge in [0.2, 0.25) is 5.90 Å². The number of hydrogen-bond acceptors (Lipinski definition) is 5. The highest BCUT2D eigenvalue weighted by Crippen LogP contribution is 2.36. The second-order valence-electron chi connectivity index (χ2n) is 6.88. The minimum atomic E-state index is -0.632. The number of aryl methyl sites for hydroxylation is 1. The molecule has 0 saturated carbocycles. The molecule has 8 heteroatoms. The van der Waals surface area contributed by atoms with Crippen molar-refractivity contribution in [2.24, 2.45) is 4.99 Å². The highest BCUT2D eigenvalue weighted by Gasteiger charge is 2.26. The van der Waals surface area contributed by atoms with Crippen LogP contribution in [0, 0.1) is 6.92 Å². The lowest BCUT2D eigenvalue weighted by Gasteiger charge is -2.11. The van der Waals surface area contributed by atoms with Gasteiger partial charge in [0.1, 0.15) is 0 Å². The molecule has 0 aromatic heterocycles. The monoisotopic (exact) mass is 573 g/mol. The molecule has 3 aromatic rings. The van der Waals surface area contributed by atoms with Crippen LogP contribution in [0.4, 0.5) is 0 Å². The molecule has 1 aliphatic heterocycles. The van der Waals surface area contributed by atoms with Crippen LogP contribution in [0.15, 0.2) is 80.3 Å². The van der Waals surface area contributed by atoms with Gasteiger partial charge in [-0.25, -0.2) is 14.6 Å². The zero-order chi connectivity index (χ0) is 22.8. The molecule has 1 aliphatic rings. The molecule has 4 rings (SSSR count). The predicted octanol–water partition coefficient (Wildman–Crippen LogP) is 6.74. The van der Waals surface area contributed by atoms with Gasteiger partial charge in [0, 0.05) is 10.0 Å². The van der Waals surface area contributed by atoms with Crippen LogP contribution in [0.2, 0.25) is 5.02 Å². The fourth-order valence-corrected chi connectivity index (χ4v) is 4.58. The molecule has 0 N–H and O–H groups in total. The number of benzene rings is 3. The number of ether oxygens (including phenoxy) is 2. The third kappa shape index (κ3) is 4.85. The van der Waals surface area contributed by atoms with Crippen molar-refractivity contribution < 1.29 is 19.1 Å². The number of nitrogens with zero attached hydrogens (tertiary/aromatic N) is 1. The maximum atomic E-state index is 12.7. The summed E-state index contributed by atoms with van der Waals surface area (Å²) in [5, 5.41) is 0.415. The number of aliphatic imine (C=N–C) groups is 1. The van der Waals surface area contributed by atoms with E-state index >= 15 is 0 Å². The van der Waals surface area contributed by atoms with Crippen LogP contribution in [0.25, 0.3) is 6.08 Å². The van der Waals surface area contributed by atoms with Crippen molar-refractivity contribution >= 4 is 67.4 Å². The van der Waals surface area contributed by atoms with Gasteiger partial charge in [0.25, 0.3) is 0 Å². The molecular formula is C24H14Br2ClNO4. The first-order chi connectivity index (χ1) is 15.3. The third-order valence-electron chi connectivity index (χ3n) is 4.50. The molecule has 0 unspecified atom stereocenters. The van der Waals surface area contributed by atoms with Gasteiger partial charge in [0.15, 0.2) is 11.4 Å². The van der Waals surface area contributed by atoms with Crippen LogP contribution in [0.5, 0.6) is 5.75 Å². The van der Waals surface area contributed by atoms with E-state index in [1.165, 1.54) is 6.08 Å². The second-order valence-corrected chi connectivity index (χ2v) is 9.06. The number of halogens is 3. The molecule has 0 amide bonds. The Morgan fingerprint density at radius 1 is 1.09 bits per heavy atom. The Bertz CT molecular complexity index is 1320. The third-order valence-corrected chi connectivity index (χ3v) is 5.88. The summed E-state index contributed by atoms with van der Waals surface area (Å²) in [6, 6.07) is 17.5. The van der Waals surface area contributed by atoms with Crippen molar-refractivity contribution in [3.05, 3.63) is 103 Å². The fourth-order valence-electron chi connectivity index (χ4n) is 3.03. The molecule has 0 radical (unpaired) electrons. The molecule has 0 atom stereocenters. The van der Waals surface area contributed by atoms with Gasteiger partial charge in [-0.05, 0) is 65.3 Å². The highest BCUT2D eigenvalue weighted by molar-refractivity contribution is 9.11. The zero-order valence-corrected chi connectivity index (χ0v) is 20.5. The first-order valence-corrected chi connectivity index (χ1v) is 11.3. The minimum Gasteiger partial charge on any atom is -0.421 e. The van der Waals surface area contributed by atoms with Crippen molar-refractivity contribution in [2.75, 3.05) is 0 Å². The van der Waals surface area contributed by atoms with E-state index in [4.69, 9.17) is 21.1 Å². The summed E-state index contributed by atoms with van der Waals surface area (Å²) in [5.41, 5.74) is 2.37. The highest BCUT2D eigenvalue weighted by atomic mass is 79.9. The number of rotatable bonds is 4. The number of hydrogen-bond donors (Lipinski definition) is 0. The normalized spacial score (nSPS) is 14.3. The lowest BCUT2D eigenvalue weighted by Crippen LogP contribution is -2.10. The first-order valence-electron chi connectivity index (χ1n) is 9.37. The Morgan fingerprint density at radius 2 is 1.88 bits per heavy atom. The van der Waals surface area contributed by atoms with E-state index in [-0.39, 0.29) is 17.3 Å². The van der Waals surface area contributed by atoms with Crippen LogP contribution in [-0.4, -0.2) is 17.8 Å². The van der Waals surface area contributed by atoms with E-state index < -0.39 is 11.9 Å². The van der Waals surface area contributed by atoms with Gasteiger partial charge in [-0.2, -0.15) is 0 Å². The number of carbonyl (C=O) groups is 2. The van der Waals surface area contributed by atoms with Crippen molar-refractivity contribution in [3.63, 3.8) is 0 Å². The van der Waals surface area contributed by atoms with Gasteiger partial charge in [-0.1, -0.05) is 57.4 Å². The molecule has 0 saturated heterocycles. The maximum absolute atomic E-state index is 12.7. The molecule has 160 valence electrons. The van der Waals surface area contributed by atoms with Crippen molar-refractivity contribution in [1.29, 1.82) is 0 Å². The Labute approximate surface area is 206 Å². The Morgan fingerprint density at radius 3 is 2.62 bits per heavy atom. The quantitative estimate of drug-likeness (QED) is 0.196. The summed E-state index contributed by atoms with van der Waals surface area (Å²) in [7, 11) is 0. The van der Waals surface area contributed by atoms with E-state index in [1.807, 2.05) is 13.0 Å². The summed E-state index contributed by atoms with van der Waals surface area (Å²) in [6.45, 7) is 1.89. The van der Waals surface area contributed by atoms with E-state index in [0.717, 1.165) is 5.56 Å². The largest absolute Gasteiger partial charge is 0.421 e. The predicted molar refractivity (Wildman–Crippen MR) is 130 cm³/mol. The van der Waals surface area contributed by atoms with Gasteiger partial charge in [-0.15, -0.1) is 0 Å². The zero-order valence-electron chi connectivity index (χ0n) is 16.6. The average Bonchev–Trinajstić information content (AvgIpc) is 3.10. The summed E-state index contributed by atoms with van der Waals surface area (Å²) in [5.74, 6) is -0.793. The number of carbonyl (C=O) groups excluding carboxylic acids is 2. The summed E-state index contributed by atoms with van der Waals surface area (Å²) >= 11 is 13.0. The van der Waals surface area contributed by atoms with Crippen LogP contribution >= 0.6 is 43.5 Å². The van der Waals surface area contributed by atoms with Gasteiger partial charge in [-0.3, -0.25) is 0 Å². The molecule has 0 fully saturated rings. The Kier molecular flexibility index (Phi) is 6.60. The lowest BCUT2D eigenvalue weighted by molar-refractivity contribution is -0.129. The van der Waals surface area contributed by atoms with Gasteiger partial charge in [0.05, 0.1) is 20.6 Å². The van der Waals surface area contributed by atoms with E-state index in [1.54, 1.807) is 54.6 Å². The summed E-state index contributed by atoms with van der Waals surface area (Å²) < 4.78 is 12.2. The molecule has 32 heavy (non-hydrogen) atoms. The first kappa shape index (κ1) is 22.5. The topological polar surface area (TPSA) is 65.0 Å². The molecule has 0 aliphatic carbocycles. The molecule has 1 heterocycles. The second kappa shape index (κ2) is 9.40. The molecular weight excluding hydrogens is 562 g/mol. The van der Waals surface area contributed by atoms with E-state index in [2.05, 4.69) is 36.9 Å². The minimum absolute atomic E-state index is 0.0535. The summed E-state index contributed by atoms with van der Waals surface area (Å²) in [6.07, 6.45) is 1.50.